The van der Waals surface area contributed by atoms with Gasteiger partial charge in [0.2, 0.25) is 6.79 Å². The molecule has 8 heteroatoms. The minimum atomic E-state index is -0.690. The number of fused-ring (bicyclic) bond motifs is 2. The summed E-state index contributed by atoms with van der Waals surface area (Å²) in [6.45, 7) is 2.95. The first kappa shape index (κ1) is 19.1. The maximum atomic E-state index is 11.3. The number of aliphatic carboxylic acids is 1. The largest absolute Gasteiger partial charge is 0.481 e. The van der Waals surface area contributed by atoms with Crippen LogP contribution in [0.1, 0.15) is 48.6 Å². The van der Waals surface area contributed by atoms with Gasteiger partial charge in [-0.1, -0.05) is 6.07 Å². The van der Waals surface area contributed by atoms with Gasteiger partial charge in [-0.2, -0.15) is 0 Å². The second kappa shape index (κ2) is 7.75. The third-order valence-corrected chi connectivity index (χ3v) is 6.96. The van der Waals surface area contributed by atoms with Crippen molar-refractivity contribution in [3.8, 4) is 11.5 Å². The molecular formula is C22H23N3O4S. The van der Waals surface area contributed by atoms with E-state index in [1.54, 1.807) is 11.3 Å². The van der Waals surface area contributed by atoms with Crippen LogP contribution in [-0.2, 0) is 11.3 Å². The smallest absolute Gasteiger partial charge is 0.306 e. The van der Waals surface area contributed by atoms with Gasteiger partial charge in [0.05, 0.1) is 11.3 Å². The molecule has 0 atom stereocenters. The van der Waals surface area contributed by atoms with Crippen LogP contribution in [-0.4, -0.2) is 27.8 Å². The Hall–Kier alpha value is -2.87. The molecule has 0 unspecified atom stereocenters. The number of carboxylic acid groups (broad SMARTS) is 1. The maximum absolute atomic E-state index is 11.3. The summed E-state index contributed by atoms with van der Waals surface area (Å²) in [6, 6.07) is 5.94. The number of ether oxygens (including phenoxy) is 2. The summed E-state index contributed by atoms with van der Waals surface area (Å²) in [5, 5.41) is 15.9. The van der Waals surface area contributed by atoms with E-state index in [1.165, 1.54) is 0 Å². The number of benzene rings is 1. The molecule has 1 aliphatic heterocycles. The third-order valence-electron chi connectivity index (χ3n) is 5.97. The van der Waals surface area contributed by atoms with Crippen LogP contribution in [0.15, 0.2) is 23.6 Å². The molecule has 0 bridgehead atoms. The average molecular weight is 426 g/mol. The molecule has 30 heavy (non-hydrogen) atoms. The Bertz CT molecular complexity index is 1110. The summed E-state index contributed by atoms with van der Waals surface area (Å²) in [4.78, 5) is 22.0. The van der Waals surface area contributed by atoms with E-state index in [4.69, 9.17) is 19.4 Å². The molecule has 3 aromatic rings. The number of carbonyl (C=O) groups is 1. The lowest BCUT2D eigenvalue weighted by molar-refractivity contribution is -0.142. The number of aromatic nitrogens is 2. The van der Waals surface area contributed by atoms with Crippen molar-refractivity contribution in [2.24, 2.45) is 5.92 Å². The number of thiophene rings is 1. The van der Waals surface area contributed by atoms with E-state index in [2.05, 4.69) is 17.6 Å². The highest BCUT2D eigenvalue weighted by Gasteiger charge is 2.29. The first-order chi connectivity index (χ1) is 14.6. The van der Waals surface area contributed by atoms with Gasteiger partial charge in [0, 0.05) is 12.5 Å². The molecule has 1 fully saturated rings. The van der Waals surface area contributed by atoms with Gasteiger partial charge in [0.25, 0.3) is 0 Å². The van der Waals surface area contributed by atoms with Crippen molar-refractivity contribution < 1.29 is 19.4 Å². The van der Waals surface area contributed by atoms with Gasteiger partial charge in [-0.05, 0) is 61.2 Å². The fourth-order valence-corrected chi connectivity index (χ4v) is 5.17. The highest BCUT2D eigenvalue weighted by molar-refractivity contribution is 7.17. The summed E-state index contributed by atoms with van der Waals surface area (Å²) in [5.74, 6) is 2.48. The van der Waals surface area contributed by atoms with Crippen LogP contribution in [0, 0.1) is 12.8 Å². The Morgan fingerprint density at radius 1 is 1.20 bits per heavy atom. The molecule has 0 saturated heterocycles. The van der Waals surface area contributed by atoms with Crippen LogP contribution in [0.4, 0.5) is 5.82 Å². The van der Waals surface area contributed by atoms with Crippen molar-refractivity contribution in [1.29, 1.82) is 0 Å². The van der Waals surface area contributed by atoms with Gasteiger partial charge in [-0.15, -0.1) is 11.3 Å². The number of nitrogens with zero attached hydrogens (tertiary/aromatic N) is 2. The summed E-state index contributed by atoms with van der Waals surface area (Å²) in [7, 11) is 0. The molecule has 156 valence electrons. The average Bonchev–Trinajstić information content (AvgIpc) is 3.38. The quantitative estimate of drug-likeness (QED) is 0.612. The van der Waals surface area contributed by atoms with Crippen LogP contribution in [0.5, 0.6) is 11.5 Å². The van der Waals surface area contributed by atoms with E-state index >= 15 is 0 Å². The first-order valence-corrected chi connectivity index (χ1v) is 11.1. The van der Waals surface area contributed by atoms with E-state index < -0.39 is 5.97 Å². The monoisotopic (exact) mass is 425 g/mol. The summed E-state index contributed by atoms with van der Waals surface area (Å²) < 4.78 is 10.9. The Labute approximate surface area is 178 Å². The van der Waals surface area contributed by atoms with Crippen molar-refractivity contribution >= 4 is 33.3 Å². The SMILES string of the molecule is Cc1csc2nc(C3CCC(C(=O)O)CC3)nc(NCc3ccc4c(c3)OCO4)c12. The molecule has 2 aliphatic rings. The van der Waals surface area contributed by atoms with Crippen molar-refractivity contribution in [1.82, 2.24) is 9.97 Å². The standard InChI is InChI=1S/C22H23N3O4S/c1-12-10-30-21-18(12)20(23-9-13-2-7-16-17(8-13)29-11-28-16)24-19(25-21)14-3-5-15(6-4-14)22(26)27/h2,7-8,10,14-15H,3-6,9,11H2,1H3,(H,26,27)(H,23,24,25). The fraction of sp³-hybridized carbons (Fsp3) is 0.409. The molecule has 7 nitrogen and oxygen atoms in total. The van der Waals surface area contributed by atoms with E-state index in [-0.39, 0.29) is 18.6 Å². The Morgan fingerprint density at radius 2 is 2.00 bits per heavy atom. The molecule has 5 rings (SSSR count). The topological polar surface area (TPSA) is 93.6 Å². The highest BCUT2D eigenvalue weighted by Crippen LogP contribution is 2.38. The number of hydrogen-bond acceptors (Lipinski definition) is 7. The second-order valence-corrected chi connectivity index (χ2v) is 8.82. The van der Waals surface area contributed by atoms with Crippen molar-refractivity contribution in [2.75, 3.05) is 12.1 Å². The van der Waals surface area contributed by atoms with Crippen LogP contribution < -0.4 is 14.8 Å². The van der Waals surface area contributed by atoms with Gasteiger partial charge in [-0.3, -0.25) is 4.79 Å². The van der Waals surface area contributed by atoms with Gasteiger partial charge < -0.3 is 19.9 Å². The minimum absolute atomic E-state index is 0.207. The highest BCUT2D eigenvalue weighted by atomic mass is 32.1. The van der Waals surface area contributed by atoms with Crippen molar-refractivity contribution in [2.45, 2.75) is 45.1 Å². The Balaban J connectivity index is 1.39. The van der Waals surface area contributed by atoms with Crippen molar-refractivity contribution in [3.05, 3.63) is 40.5 Å². The predicted octanol–water partition coefficient (Wildman–Crippen LogP) is 4.70. The normalized spacial score (nSPS) is 20.4. The zero-order chi connectivity index (χ0) is 20.7. The van der Waals surface area contributed by atoms with Crippen molar-refractivity contribution in [3.63, 3.8) is 0 Å². The van der Waals surface area contributed by atoms with E-state index in [1.807, 2.05) is 18.2 Å². The van der Waals surface area contributed by atoms with Crippen LogP contribution in [0.3, 0.4) is 0 Å². The molecule has 0 amide bonds. The summed E-state index contributed by atoms with van der Waals surface area (Å²) in [5.41, 5.74) is 2.24. The van der Waals surface area contributed by atoms with E-state index in [9.17, 15) is 9.90 Å². The lowest BCUT2D eigenvalue weighted by Crippen LogP contribution is -2.21. The molecule has 1 saturated carbocycles. The molecule has 2 N–H and O–H groups in total. The molecule has 2 aromatic heterocycles. The number of hydrogen-bond donors (Lipinski definition) is 2. The zero-order valence-corrected chi connectivity index (χ0v) is 17.5. The predicted molar refractivity (Wildman–Crippen MR) is 114 cm³/mol. The number of rotatable bonds is 5. The Morgan fingerprint density at radius 3 is 2.80 bits per heavy atom. The fourth-order valence-electron chi connectivity index (χ4n) is 4.25. The number of carboxylic acids is 1. The van der Waals surface area contributed by atoms with Gasteiger partial charge in [-0.25, -0.2) is 9.97 Å². The minimum Gasteiger partial charge on any atom is -0.481 e. The second-order valence-electron chi connectivity index (χ2n) is 7.96. The maximum Gasteiger partial charge on any atom is 0.306 e. The number of nitrogens with one attached hydrogen (secondary N) is 1. The van der Waals surface area contributed by atoms with Gasteiger partial charge >= 0.3 is 5.97 Å². The van der Waals surface area contributed by atoms with E-state index in [0.29, 0.717) is 19.4 Å². The molecule has 1 aliphatic carbocycles. The van der Waals surface area contributed by atoms with E-state index in [0.717, 1.165) is 57.3 Å². The third kappa shape index (κ3) is 3.56. The Kier molecular flexibility index (Phi) is 4.94. The van der Waals surface area contributed by atoms with Crippen LogP contribution in [0.25, 0.3) is 10.2 Å². The molecule has 0 spiro atoms. The molecule has 3 heterocycles. The van der Waals surface area contributed by atoms with Gasteiger partial charge in [0.15, 0.2) is 11.5 Å². The molecular weight excluding hydrogens is 402 g/mol. The number of aryl methyl sites for hydroxylation is 1. The summed E-state index contributed by atoms with van der Waals surface area (Å²) in [6.07, 6.45) is 3.00. The number of anilines is 1. The van der Waals surface area contributed by atoms with Gasteiger partial charge in [0.1, 0.15) is 16.5 Å². The molecule has 0 radical (unpaired) electrons. The summed E-state index contributed by atoms with van der Waals surface area (Å²) >= 11 is 1.63. The lowest BCUT2D eigenvalue weighted by atomic mass is 9.81. The zero-order valence-electron chi connectivity index (χ0n) is 16.7. The lowest BCUT2D eigenvalue weighted by Gasteiger charge is -2.25. The van der Waals surface area contributed by atoms with Crippen LogP contribution in [0.2, 0.25) is 0 Å². The molecule has 1 aromatic carbocycles. The first-order valence-electron chi connectivity index (χ1n) is 10.2. The van der Waals surface area contributed by atoms with Crippen LogP contribution >= 0.6 is 11.3 Å².